The van der Waals surface area contributed by atoms with Crippen LogP contribution in [0, 0.1) is 0 Å². The molecular weight excluding hydrogens is 192 g/mol. The van der Waals surface area contributed by atoms with Crippen molar-refractivity contribution in [2.24, 2.45) is 0 Å². The fourth-order valence-electron chi connectivity index (χ4n) is 1.58. The second kappa shape index (κ2) is 14.2. The topological polar surface area (TPSA) is 0 Å². The Balaban J connectivity index is 0. The standard InChI is InChI=1S/C12H18.2C2H6/c1-3-7-11-9-5-6-10-12(11)8-4-2;2*1-2/h5-6,9-10H,3-4,7-8H2,1-2H3;2*1-2H3. The molecule has 0 radical (unpaired) electrons. The van der Waals surface area contributed by atoms with Crippen molar-refractivity contribution in [3.63, 3.8) is 0 Å². The molecule has 1 aromatic carbocycles. The summed E-state index contributed by atoms with van der Waals surface area (Å²) in [5, 5.41) is 0. The van der Waals surface area contributed by atoms with Gasteiger partial charge in [0.05, 0.1) is 0 Å². The van der Waals surface area contributed by atoms with E-state index in [9.17, 15) is 0 Å². The molecule has 0 saturated heterocycles. The van der Waals surface area contributed by atoms with Crippen molar-refractivity contribution in [3.8, 4) is 0 Å². The first-order valence-electron chi connectivity index (χ1n) is 6.95. The highest BCUT2D eigenvalue weighted by atomic mass is 14.0. The van der Waals surface area contributed by atoms with Gasteiger partial charge in [-0.2, -0.15) is 0 Å². The van der Waals surface area contributed by atoms with E-state index in [1.807, 2.05) is 27.7 Å². The van der Waals surface area contributed by atoms with Crippen molar-refractivity contribution >= 4 is 0 Å². The summed E-state index contributed by atoms with van der Waals surface area (Å²) in [5.41, 5.74) is 3.09. The zero-order chi connectivity index (χ0) is 12.8. The summed E-state index contributed by atoms with van der Waals surface area (Å²) in [5.74, 6) is 0. The van der Waals surface area contributed by atoms with E-state index >= 15 is 0 Å². The Kier molecular flexibility index (Phi) is 15.7. The first-order valence-corrected chi connectivity index (χ1v) is 6.95. The van der Waals surface area contributed by atoms with Crippen LogP contribution < -0.4 is 0 Å². The van der Waals surface area contributed by atoms with Gasteiger partial charge in [-0.05, 0) is 24.0 Å². The Labute approximate surface area is 103 Å². The zero-order valence-corrected chi connectivity index (χ0v) is 12.1. The maximum absolute atomic E-state index is 2.26. The van der Waals surface area contributed by atoms with Crippen LogP contribution in [0.25, 0.3) is 0 Å². The summed E-state index contributed by atoms with van der Waals surface area (Å²) in [7, 11) is 0. The van der Waals surface area contributed by atoms with Crippen molar-refractivity contribution in [2.75, 3.05) is 0 Å². The summed E-state index contributed by atoms with van der Waals surface area (Å²) in [6, 6.07) is 8.80. The highest BCUT2D eigenvalue weighted by molar-refractivity contribution is 5.27. The van der Waals surface area contributed by atoms with Crippen LogP contribution in [0.15, 0.2) is 24.3 Å². The summed E-state index contributed by atoms with van der Waals surface area (Å²) in [6.07, 6.45) is 4.97. The summed E-state index contributed by atoms with van der Waals surface area (Å²) < 4.78 is 0. The summed E-state index contributed by atoms with van der Waals surface area (Å²) in [4.78, 5) is 0. The van der Waals surface area contributed by atoms with E-state index in [1.165, 1.54) is 25.7 Å². The molecule has 16 heavy (non-hydrogen) atoms. The third-order valence-electron chi connectivity index (χ3n) is 2.16. The fraction of sp³-hybridized carbons (Fsp3) is 0.625. The van der Waals surface area contributed by atoms with E-state index in [0.717, 1.165) is 0 Å². The molecule has 94 valence electrons. The predicted octanol–water partition coefficient (Wildman–Crippen LogP) is 5.64. The molecule has 0 aliphatic carbocycles. The first kappa shape index (κ1) is 17.6. The van der Waals surface area contributed by atoms with Crippen LogP contribution in [0.4, 0.5) is 0 Å². The van der Waals surface area contributed by atoms with Gasteiger partial charge in [0.15, 0.2) is 0 Å². The molecule has 0 aliphatic rings. The highest BCUT2D eigenvalue weighted by Crippen LogP contribution is 2.12. The van der Waals surface area contributed by atoms with E-state index in [1.54, 1.807) is 11.1 Å². The Bertz CT molecular complexity index is 200. The van der Waals surface area contributed by atoms with Gasteiger partial charge in [-0.25, -0.2) is 0 Å². The lowest BCUT2D eigenvalue weighted by atomic mass is 10.00. The molecule has 0 amide bonds. The maximum Gasteiger partial charge on any atom is -0.0279 e. The van der Waals surface area contributed by atoms with E-state index in [0.29, 0.717) is 0 Å². The van der Waals surface area contributed by atoms with Gasteiger partial charge < -0.3 is 0 Å². The first-order chi connectivity index (χ1) is 7.88. The molecule has 0 unspecified atom stereocenters. The molecule has 1 aromatic rings. The summed E-state index contributed by atoms with van der Waals surface area (Å²) in [6.45, 7) is 12.5. The van der Waals surface area contributed by atoms with Crippen molar-refractivity contribution in [2.45, 2.75) is 67.2 Å². The van der Waals surface area contributed by atoms with E-state index < -0.39 is 0 Å². The van der Waals surface area contributed by atoms with Crippen LogP contribution in [-0.2, 0) is 12.8 Å². The molecule has 0 atom stereocenters. The van der Waals surface area contributed by atoms with Gasteiger partial charge in [-0.1, -0.05) is 78.6 Å². The van der Waals surface area contributed by atoms with Crippen molar-refractivity contribution in [3.05, 3.63) is 35.4 Å². The van der Waals surface area contributed by atoms with Crippen LogP contribution in [-0.4, -0.2) is 0 Å². The fourth-order valence-corrected chi connectivity index (χ4v) is 1.58. The Hall–Kier alpha value is -0.780. The lowest BCUT2D eigenvalue weighted by Crippen LogP contribution is -1.92. The number of hydrogen-bond donors (Lipinski definition) is 0. The minimum absolute atomic E-state index is 1.23. The van der Waals surface area contributed by atoms with Gasteiger partial charge in [0.2, 0.25) is 0 Å². The van der Waals surface area contributed by atoms with Gasteiger partial charge in [-0.3, -0.25) is 0 Å². The van der Waals surface area contributed by atoms with Crippen LogP contribution >= 0.6 is 0 Å². The summed E-state index contributed by atoms with van der Waals surface area (Å²) >= 11 is 0. The third kappa shape index (κ3) is 7.50. The van der Waals surface area contributed by atoms with Gasteiger partial charge in [0.25, 0.3) is 0 Å². The second-order valence-electron chi connectivity index (χ2n) is 3.27. The Morgan fingerprint density at radius 3 is 1.25 bits per heavy atom. The van der Waals surface area contributed by atoms with Gasteiger partial charge in [0, 0.05) is 0 Å². The molecule has 0 nitrogen and oxygen atoms in total. The van der Waals surface area contributed by atoms with Crippen molar-refractivity contribution in [1.29, 1.82) is 0 Å². The smallest absolute Gasteiger partial charge is 0.0279 e. The molecule has 0 spiro atoms. The molecule has 0 aliphatic heterocycles. The van der Waals surface area contributed by atoms with E-state index in [2.05, 4.69) is 38.1 Å². The molecule has 0 aromatic heterocycles. The lowest BCUT2D eigenvalue weighted by molar-refractivity contribution is 0.861. The van der Waals surface area contributed by atoms with E-state index in [-0.39, 0.29) is 0 Å². The van der Waals surface area contributed by atoms with Crippen LogP contribution in [0.2, 0.25) is 0 Å². The van der Waals surface area contributed by atoms with Crippen molar-refractivity contribution in [1.82, 2.24) is 0 Å². The van der Waals surface area contributed by atoms with Crippen LogP contribution in [0.5, 0.6) is 0 Å². The minimum atomic E-state index is 1.23. The predicted molar refractivity (Wildman–Crippen MR) is 77.1 cm³/mol. The Morgan fingerprint density at radius 1 is 0.688 bits per heavy atom. The van der Waals surface area contributed by atoms with Gasteiger partial charge in [-0.15, -0.1) is 0 Å². The largest absolute Gasteiger partial charge is 0.0683 e. The molecule has 0 bridgehead atoms. The van der Waals surface area contributed by atoms with Crippen LogP contribution in [0.1, 0.15) is 65.5 Å². The number of rotatable bonds is 4. The average Bonchev–Trinajstić information content (AvgIpc) is 2.37. The molecule has 0 heterocycles. The van der Waals surface area contributed by atoms with Crippen LogP contribution in [0.3, 0.4) is 0 Å². The Morgan fingerprint density at radius 2 is 1.00 bits per heavy atom. The number of hydrogen-bond acceptors (Lipinski definition) is 0. The van der Waals surface area contributed by atoms with Gasteiger partial charge in [0.1, 0.15) is 0 Å². The van der Waals surface area contributed by atoms with E-state index in [4.69, 9.17) is 0 Å². The molecule has 0 N–H and O–H groups in total. The number of aryl methyl sites for hydroxylation is 2. The highest BCUT2D eigenvalue weighted by Gasteiger charge is 1.98. The third-order valence-corrected chi connectivity index (χ3v) is 2.16. The molecule has 0 fully saturated rings. The SMILES string of the molecule is CC.CC.CCCc1ccccc1CCC. The molecule has 1 rings (SSSR count). The van der Waals surface area contributed by atoms with Crippen molar-refractivity contribution < 1.29 is 0 Å². The lowest BCUT2D eigenvalue weighted by Gasteiger charge is -2.06. The molecular formula is C16H30. The monoisotopic (exact) mass is 222 g/mol. The number of benzene rings is 1. The molecule has 0 saturated carbocycles. The normalized spacial score (nSPS) is 8.38. The second-order valence-corrected chi connectivity index (χ2v) is 3.27. The quantitative estimate of drug-likeness (QED) is 0.618. The van der Waals surface area contributed by atoms with Gasteiger partial charge >= 0.3 is 0 Å². The average molecular weight is 222 g/mol. The molecule has 0 heteroatoms. The minimum Gasteiger partial charge on any atom is -0.0683 e. The maximum atomic E-state index is 2.26. The zero-order valence-electron chi connectivity index (χ0n) is 12.1.